The van der Waals surface area contributed by atoms with Crippen LogP contribution >= 0.6 is 11.6 Å². The zero-order valence-corrected chi connectivity index (χ0v) is 15.9. The average Bonchev–Trinajstić information content (AvgIpc) is 2.63. The van der Waals surface area contributed by atoms with Crippen LogP contribution in [0.15, 0.2) is 41.2 Å². The van der Waals surface area contributed by atoms with Gasteiger partial charge in [-0.25, -0.2) is 9.97 Å². The Morgan fingerprint density at radius 1 is 1.26 bits per heavy atom. The lowest BCUT2D eigenvalue weighted by molar-refractivity contribution is -0.122. The highest BCUT2D eigenvalue weighted by atomic mass is 35.5. The Morgan fingerprint density at radius 2 is 2.04 bits per heavy atom. The molecular weight excluding hydrogens is 368 g/mol. The largest absolute Gasteiger partial charge is 0.497 e. The van der Waals surface area contributed by atoms with Gasteiger partial charge < -0.3 is 10.1 Å². The Bertz CT molecular complexity index is 1060. The van der Waals surface area contributed by atoms with Crippen LogP contribution < -0.4 is 15.6 Å². The molecule has 0 saturated carbocycles. The van der Waals surface area contributed by atoms with E-state index in [1.54, 1.807) is 43.5 Å². The lowest BCUT2D eigenvalue weighted by atomic mass is 10.2. The first-order valence-corrected chi connectivity index (χ1v) is 8.77. The van der Waals surface area contributed by atoms with Crippen molar-refractivity contribution in [3.63, 3.8) is 0 Å². The molecule has 2 heterocycles. The average molecular weight is 387 g/mol. The first kappa shape index (κ1) is 18.8. The summed E-state index contributed by atoms with van der Waals surface area (Å²) in [7, 11) is 1.56. The van der Waals surface area contributed by atoms with E-state index in [9.17, 15) is 9.59 Å². The van der Waals surface area contributed by atoms with Gasteiger partial charge in [-0.1, -0.05) is 23.7 Å². The van der Waals surface area contributed by atoms with Crippen molar-refractivity contribution < 1.29 is 9.53 Å². The highest BCUT2D eigenvalue weighted by Gasteiger charge is 2.17. The molecule has 7 nitrogen and oxygen atoms in total. The number of amides is 1. The SMILES string of the molecule is COc1cccc(-c2nc3ccc(Cl)nc3c(=O)n2CC(=O)NC(C)C)c1. The minimum absolute atomic E-state index is 0.0468. The lowest BCUT2D eigenvalue weighted by Crippen LogP contribution is -2.37. The molecule has 140 valence electrons. The van der Waals surface area contributed by atoms with Crippen molar-refractivity contribution in [2.24, 2.45) is 0 Å². The van der Waals surface area contributed by atoms with E-state index in [0.29, 0.717) is 22.7 Å². The van der Waals surface area contributed by atoms with Gasteiger partial charge in [0.05, 0.1) is 12.6 Å². The van der Waals surface area contributed by atoms with E-state index < -0.39 is 5.56 Å². The van der Waals surface area contributed by atoms with Crippen molar-refractivity contribution in [2.75, 3.05) is 7.11 Å². The molecule has 0 aliphatic rings. The summed E-state index contributed by atoms with van der Waals surface area (Å²) in [6.07, 6.45) is 0. The Kier molecular flexibility index (Phi) is 5.41. The van der Waals surface area contributed by atoms with E-state index in [1.165, 1.54) is 4.57 Å². The summed E-state index contributed by atoms with van der Waals surface area (Å²) in [6.45, 7) is 3.52. The van der Waals surface area contributed by atoms with Crippen molar-refractivity contribution in [3.05, 3.63) is 51.9 Å². The molecule has 0 fully saturated rings. The number of pyridine rings is 1. The number of rotatable bonds is 5. The fourth-order valence-corrected chi connectivity index (χ4v) is 2.86. The summed E-state index contributed by atoms with van der Waals surface area (Å²) in [5.74, 6) is 0.683. The van der Waals surface area contributed by atoms with Gasteiger partial charge in [-0.3, -0.25) is 14.2 Å². The second-order valence-corrected chi connectivity index (χ2v) is 6.67. The summed E-state index contributed by atoms with van der Waals surface area (Å²) >= 11 is 5.93. The molecule has 3 aromatic rings. The molecule has 2 aromatic heterocycles. The number of fused-ring (bicyclic) bond motifs is 1. The van der Waals surface area contributed by atoms with Crippen molar-refractivity contribution in [1.29, 1.82) is 0 Å². The zero-order chi connectivity index (χ0) is 19.6. The van der Waals surface area contributed by atoms with E-state index in [1.807, 2.05) is 13.8 Å². The molecule has 1 aromatic carbocycles. The van der Waals surface area contributed by atoms with Gasteiger partial charge in [-0.2, -0.15) is 0 Å². The fraction of sp³-hybridized carbons (Fsp3) is 0.263. The van der Waals surface area contributed by atoms with Crippen LogP contribution in [-0.2, 0) is 11.3 Å². The summed E-state index contributed by atoms with van der Waals surface area (Å²) in [4.78, 5) is 34.0. The van der Waals surface area contributed by atoms with Gasteiger partial charge in [0.2, 0.25) is 5.91 Å². The second-order valence-electron chi connectivity index (χ2n) is 6.28. The predicted molar refractivity (Wildman–Crippen MR) is 104 cm³/mol. The number of carbonyl (C=O) groups excluding carboxylic acids is 1. The van der Waals surface area contributed by atoms with Gasteiger partial charge in [0, 0.05) is 11.6 Å². The molecule has 0 saturated heterocycles. The summed E-state index contributed by atoms with van der Waals surface area (Å²) in [5, 5.41) is 2.97. The van der Waals surface area contributed by atoms with E-state index in [0.717, 1.165) is 0 Å². The van der Waals surface area contributed by atoms with E-state index in [-0.39, 0.29) is 29.2 Å². The van der Waals surface area contributed by atoms with Gasteiger partial charge in [-0.05, 0) is 38.1 Å². The Hall–Kier alpha value is -2.93. The van der Waals surface area contributed by atoms with Crippen molar-refractivity contribution in [3.8, 4) is 17.1 Å². The first-order valence-electron chi connectivity index (χ1n) is 8.40. The Morgan fingerprint density at radius 3 is 2.74 bits per heavy atom. The van der Waals surface area contributed by atoms with Gasteiger partial charge in [0.25, 0.3) is 5.56 Å². The second kappa shape index (κ2) is 7.75. The molecule has 0 bridgehead atoms. The molecule has 0 unspecified atom stereocenters. The Labute approximate surface area is 161 Å². The summed E-state index contributed by atoms with van der Waals surface area (Å²) < 4.78 is 6.56. The number of carbonyl (C=O) groups is 1. The number of nitrogens with one attached hydrogen (secondary N) is 1. The van der Waals surface area contributed by atoms with Crippen LogP contribution in [-0.4, -0.2) is 33.6 Å². The highest BCUT2D eigenvalue weighted by molar-refractivity contribution is 6.29. The number of halogens is 1. The van der Waals surface area contributed by atoms with Gasteiger partial charge in [0.15, 0.2) is 5.52 Å². The molecule has 0 aliphatic carbocycles. The van der Waals surface area contributed by atoms with Crippen LogP contribution in [0.3, 0.4) is 0 Å². The molecule has 0 spiro atoms. The standard InChI is InChI=1S/C19H19ClN4O3/c1-11(2)21-16(25)10-24-18(12-5-4-6-13(9-12)27-3)22-14-7-8-15(20)23-17(14)19(24)26/h4-9,11H,10H2,1-3H3,(H,21,25). The molecule has 3 rings (SSSR count). The van der Waals surface area contributed by atoms with Crippen LogP contribution in [0.4, 0.5) is 0 Å². The third-order valence-corrected chi connectivity index (χ3v) is 4.06. The maximum absolute atomic E-state index is 13.0. The van der Waals surface area contributed by atoms with E-state index in [2.05, 4.69) is 15.3 Å². The first-order chi connectivity index (χ1) is 12.9. The highest BCUT2D eigenvalue weighted by Crippen LogP contribution is 2.23. The number of aromatic nitrogens is 3. The topological polar surface area (TPSA) is 86.1 Å². The number of nitrogens with zero attached hydrogens (tertiary/aromatic N) is 3. The summed E-state index contributed by atoms with van der Waals surface area (Å²) in [6, 6.07) is 10.3. The van der Waals surface area contributed by atoms with Crippen molar-refractivity contribution in [2.45, 2.75) is 26.4 Å². The third kappa shape index (κ3) is 4.09. The molecule has 0 atom stereocenters. The smallest absolute Gasteiger partial charge is 0.280 e. The molecule has 0 aliphatic heterocycles. The molecule has 27 heavy (non-hydrogen) atoms. The number of methoxy groups -OCH3 is 1. The van der Waals surface area contributed by atoms with Crippen LogP contribution in [0, 0.1) is 0 Å². The molecule has 0 radical (unpaired) electrons. The maximum Gasteiger partial charge on any atom is 0.280 e. The lowest BCUT2D eigenvalue weighted by Gasteiger charge is -2.15. The molecule has 1 amide bonds. The summed E-state index contributed by atoms with van der Waals surface area (Å²) in [5.41, 5.74) is 0.745. The number of benzene rings is 1. The molecule has 1 N–H and O–H groups in total. The molecular formula is C19H19ClN4O3. The van der Waals surface area contributed by atoms with Crippen LogP contribution in [0.25, 0.3) is 22.4 Å². The third-order valence-electron chi connectivity index (χ3n) is 3.85. The van der Waals surface area contributed by atoms with Gasteiger partial charge in [-0.15, -0.1) is 0 Å². The van der Waals surface area contributed by atoms with Crippen molar-refractivity contribution >= 4 is 28.5 Å². The normalized spacial score (nSPS) is 11.0. The quantitative estimate of drug-likeness (QED) is 0.681. The van der Waals surface area contributed by atoms with E-state index >= 15 is 0 Å². The van der Waals surface area contributed by atoms with Gasteiger partial charge in [0.1, 0.15) is 23.3 Å². The number of hydrogen-bond donors (Lipinski definition) is 1. The number of hydrogen-bond acceptors (Lipinski definition) is 5. The predicted octanol–water partition coefficient (Wildman–Crippen LogP) is 2.65. The number of ether oxygens (including phenoxy) is 1. The fourth-order valence-electron chi connectivity index (χ4n) is 2.71. The minimum atomic E-state index is -0.431. The minimum Gasteiger partial charge on any atom is -0.497 e. The van der Waals surface area contributed by atoms with Crippen LogP contribution in [0.1, 0.15) is 13.8 Å². The van der Waals surface area contributed by atoms with Crippen LogP contribution in [0.5, 0.6) is 5.75 Å². The maximum atomic E-state index is 13.0. The zero-order valence-electron chi connectivity index (χ0n) is 15.2. The van der Waals surface area contributed by atoms with E-state index in [4.69, 9.17) is 16.3 Å². The Balaban J connectivity index is 2.23. The van der Waals surface area contributed by atoms with Gasteiger partial charge >= 0.3 is 0 Å². The monoisotopic (exact) mass is 386 g/mol. The van der Waals surface area contributed by atoms with Crippen molar-refractivity contribution in [1.82, 2.24) is 19.9 Å². The molecule has 8 heteroatoms. The van der Waals surface area contributed by atoms with Crippen LogP contribution in [0.2, 0.25) is 5.15 Å².